The third-order valence-electron chi connectivity index (χ3n) is 3.69. The summed E-state index contributed by atoms with van der Waals surface area (Å²) in [7, 11) is 1.85. The molecule has 0 unspecified atom stereocenters. The predicted octanol–water partition coefficient (Wildman–Crippen LogP) is 3.30. The normalized spacial score (nSPS) is 15.1. The van der Waals surface area contributed by atoms with E-state index in [4.69, 9.17) is 4.52 Å². The molecule has 2 atom stereocenters. The van der Waals surface area contributed by atoms with E-state index < -0.39 is 13.2 Å². The van der Waals surface area contributed by atoms with Crippen LogP contribution in [0.4, 0.5) is 5.69 Å². The number of rotatable bonds is 5. The summed E-state index contributed by atoms with van der Waals surface area (Å²) < 4.78 is 18.4. The average Bonchev–Trinajstić information content (AvgIpc) is 2.54. The molecular weight excluding hydrogens is 297 g/mol. The van der Waals surface area contributed by atoms with Gasteiger partial charge in [-0.25, -0.2) is 0 Å². The van der Waals surface area contributed by atoms with E-state index in [9.17, 15) is 9.67 Å². The smallest absolute Gasteiger partial charge is 0.263 e. The second-order valence-electron chi connectivity index (χ2n) is 5.47. The molecule has 0 saturated heterocycles. The van der Waals surface area contributed by atoms with Gasteiger partial charge >= 0.3 is 0 Å². The van der Waals surface area contributed by atoms with Crippen LogP contribution in [0.15, 0.2) is 48.5 Å². The molecule has 0 heterocycles. The Kier molecular flexibility index (Phi) is 5.07. The minimum Gasteiger partial charge on any atom is -0.378 e. The van der Waals surface area contributed by atoms with Gasteiger partial charge in [-0.3, -0.25) is 4.57 Å². The van der Waals surface area contributed by atoms with E-state index in [1.807, 2.05) is 50.2 Å². The molecule has 4 nitrogen and oxygen atoms in total. The Morgan fingerprint density at radius 1 is 1.05 bits per heavy atom. The van der Waals surface area contributed by atoms with Gasteiger partial charge in [-0.1, -0.05) is 29.8 Å². The zero-order chi connectivity index (χ0) is 16.3. The Bertz CT molecular complexity index is 665. The van der Waals surface area contributed by atoms with Crippen LogP contribution >= 0.6 is 7.37 Å². The van der Waals surface area contributed by atoms with E-state index in [1.54, 1.807) is 24.3 Å². The van der Waals surface area contributed by atoms with Crippen molar-refractivity contribution in [2.45, 2.75) is 12.8 Å². The van der Waals surface area contributed by atoms with Gasteiger partial charge in [0.05, 0.1) is 0 Å². The summed E-state index contributed by atoms with van der Waals surface area (Å²) in [6, 6.07) is 14.5. The van der Waals surface area contributed by atoms with Crippen molar-refractivity contribution < 1.29 is 14.2 Å². The lowest BCUT2D eigenvalue weighted by Crippen LogP contribution is -2.15. The van der Waals surface area contributed by atoms with E-state index in [1.165, 1.54) is 7.11 Å². The fraction of sp³-hybridized carbons (Fsp3) is 0.294. The highest BCUT2D eigenvalue weighted by atomic mass is 31.2. The highest BCUT2D eigenvalue weighted by molar-refractivity contribution is 7.67. The molecule has 22 heavy (non-hydrogen) atoms. The van der Waals surface area contributed by atoms with Crippen molar-refractivity contribution in [2.24, 2.45) is 0 Å². The molecule has 2 aromatic carbocycles. The molecule has 0 saturated carbocycles. The lowest BCUT2D eigenvalue weighted by molar-refractivity contribution is 0.229. The molecule has 118 valence electrons. The lowest BCUT2D eigenvalue weighted by Gasteiger charge is -2.23. The summed E-state index contributed by atoms with van der Waals surface area (Å²) in [6.45, 7) is 1.96. The molecule has 0 amide bonds. The molecule has 0 spiro atoms. The summed E-state index contributed by atoms with van der Waals surface area (Å²) in [5, 5.41) is 11.1. The average molecular weight is 319 g/mol. The SMILES string of the molecule is CO[P@](=O)(c1ccc(N(C)C)cc1)[C@H](O)c1ccc(C)cc1. The van der Waals surface area contributed by atoms with Crippen LogP contribution in [0.3, 0.4) is 0 Å². The number of aliphatic hydroxyl groups excluding tert-OH is 1. The molecule has 0 fully saturated rings. The first-order valence-corrected chi connectivity index (χ1v) is 8.76. The molecule has 0 aromatic heterocycles. The zero-order valence-electron chi connectivity index (χ0n) is 13.4. The third-order valence-corrected chi connectivity index (χ3v) is 6.20. The van der Waals surface area contributed by atoms with E-state index in [-0.39, 0.29) is 0 Å². The molecule has 1 N–H and O–H groups in total. The maximum absolute atomic E-state index is 13.2. The topological polar surface area (TPSA) is 49.8 Å². The first-order valence-electron chi connectivity index (χ1n) is 7.06. The van der Waals surface area contributed by atoms with Crippen LogP contribution in [-0.2, 0) is 9.09 Å². The number of aryl methyl sites for hydroxylation is 1. The Morgan fingerprint density at radius 3 is 2.05 bits per heavy atom. The maximum atomic E-state index is 13.2. The molecule has 2 rings (SSSR count). The van der Waals surface area contributed by atoms with Crippen molar-refractivity contribution >= 4 is 18.4 Å². The highest BCUT2D eigenvalue weighted by Crippen LogP contribution is 2.57. The zero-order valence-corrected chi connectivity index (χ0v) is 14.2. The molecule has 0 radical (unpaired) electrons. The number of benzene rings is 2. The second-order valence-corrected chi connectivity index (χ2v) is 8.04. The van der Waals surface area contributed by atoms with Crippen LogP contribution in [0.5, 0.6) is 0 Å². The van der Waals surface area contributed by atoms with Crippen LogP contribution in [0, 0.1) is 6.92 Å². The van der Waals surface area contributed by atoms with Crippen LogP contribution in [0.2, 0.25) is 0 Å². The van der Waals surface area contributed by atoms with E-state index >= 15 is 0 Å². The fourth-order valence-electron chi connectivity index (χ4n) is 2.24. The Morgan fingerprint density at radius 2 is 1.59 bits per heavy atom. The summed E-state index contributed by atoms with van der Waals surface area (Å²) in [4.78, 5) is 1.96. The minimum atomic E-state index is -3.39. The molecule has 0 aliphatic rings. The van der Waals surface area contributed by atoms with Crippen molar-refractivity contribution in [3.05, 3.63) is 59.7 Å². The Labute approximate surface area is 131 Å². The van der Waals surface area contributed by atoms with Crippen molar-refractivity contribution in [2.75, 3.05) is 26.1 Å². The Balaban J connectivity index is 2.38. The quantitative estimate of drug-likeness (QED) is 0.859. The van der Waals surface area contributed by atoms with Crippen LogP contribution in [0.25, 0.3) is 0 Å². The van der Waals surface area contributed by atoms with E-state index in [2.05, 4.69) is 0 Å². The largest absolute Gasteiger partial charge is 0.378 e. The summed E-state index contributed by atoms with van der Waals surface area (Å²) in [5.41, 5.74) is 2.67. The second kappa shape index (κ2) is 6.66. The molecule has 2 aromatic rings. The number of aliphatic hydroxyl groups is 1. The maximum Gasteiger partial charge on any atom is 0.263 e. The Hall–Kier alpha value is -1.61. The summed E-state index contributed by atoms with van der Waals surface area (Å²) in [6.07, 6.45) is 0. The fourth-order valence-corrected chi connectivity index (χ4v) is 4.06. The van der Waals surface area contributed by atoms with E-state index in [0.717, 1.165) is 11.3 Å². The summed E-state index contributed by atoms with van der Waals surface area (Å²) >= 11 is 0. The van der Waals surface area contributed by atoms with Gasteiger partial charge in [-0.05, 0) is 36.8 Å². The van der Waals surface area contributed by atoms with Gasteiger partial charge in [0.1, 0.15) is 0 Å². The summed E-state index contributed by atoms with van der Waals surface area (Å²) in [5.74, 6) is -1.18. The van der Waals surface area contributed by atoms with Crippen molar-refractivity contribution in [1.29, 1.82) is 0 Å². The van der Waals surface area contributed by atoms with Gasteiger partial charge in [0.25, 0.3) is 7.37 Å². The van der Waals surface area contributed by atoms with Crippen LogP contribution in [-0.4, -0.2) is 26.3 Å². The van der Waals surface area contributed by atoms with Crippen LogP contribution < -0.4 is 10.2 Å². The number of nitrogens with zero attached hydrogens (tertiary/aromatic N) is 1. The van der Waals surface area contributed by atoms with Crippen molar-refractivity contribution in [1.82, 2.24) is 0 Å². The monoisotopic (exact) mass is 319 g/mol. The molecule has 5 heteroatoms. The van der Waals surface area contributed by atoms with Gasteiger partial charge in [-0.2, -0.15) is 0 Å². The lowest BCUT2D eigenvalue weighted by atomic mass is 10.2. The van der Waals surface area contributed by atoms with Gasteiger partial charge in [0.15, 0.2) is 5.85 Å². The molecular formula is C17H22NO3P. The predicted molar refractivity (Wildman–Crippen MR) is 91.2 cm³/mol. The molecule has 0 aliphatic carbocycles. The van der Waals surface area contributed by atoms with Crippen molar-refractivity contribution in [3.63, 3.8) is 0 Å². The van der Waals surface area contributed by atoms with Crippen LogP contribution in [0.1, 0.15) is 17.0 Å². The van der Waals surface area contributed by atoms with E-state index in [0.29, 0.717) is 10.9 Å². The highest BCUT2D eigenvalue weighted by Gasteiger charge is 2.35. The molecule has 0 bridgehead atoms. The minimum absolute atomic E-state index is 0.508. The number of hydrogen-bond donors (Lipinski definition) is 1. The van der Waals surface area contributed by atoms with Gasteiger partial charge in [-0.15, -0.1) is 0 Å². The van der Waals surface area contributed by atoms with Crippen molar-refractivity contribution in [3.8, 4) is 0 Å². The first kappa shape index (κ1) is 16.8. The number of anilines is 1. The molecule has 0 aliphatic heterocycles. The standard InChI is InChI=1S/C17H22NO3P/c1-13-5-7-14(8-6-13)17(19)22(20,21-4)16-11-9-15(10-12-16)18(2)3/h5-12,17,19H,1-4H3/t17-,22+/m0/s1. The van der Waals surface area contributed by atoms with Gasteiger partial charge in [0, 0.05) is 32.2 Å². The number of hydrogen-bond acceptors (Lipinski definition) is 4. The van der Waals surface area contributed by atoms with Gasteiger partial charge < -0.3 is 14.5 Å². The van der Waals surface area contributed by atoms with Gasteiger partial charge in [0.2, 0.25) is 0 Å². The third kappa shape index (κ3) is 3.25. The first-order chi connectivity index (χ1) is 10.4.